The highest BCUT2D eigenvalue weighted by molar-refractivity contribution is 5.88. The van der Waals surface area contributed by atoms with Crippen molar-refractivity contribution in [3.05, 3.63) is 42.1 Å². The van der Waals surface area contributed by atoms with E-state index in [4.69, 9.17) is 28.4 Å². The first-order valence-corrected chi connectivity index (χ1v) is 23.0. The van der Waals surface area contributed by atoms with Gasteiger partial charge in [-0.05, 0) is 86.2 Å². The van der Waals surface area contributed by atoms with Gasteiger partial charge in [0, 0.05) is 61.9 Å². The molecule has 0 radical (unpaired) electrons. The average Bonchev–Trinajstić information content (AvgIpc) is 3.25. The fraction of sp³-hybridized carbons (Fsp3) is 0.750. The Hall–Kier alpha value is -3.20. The molecule has 14 unspecified atom stereocenters. The molecular formula is C48H75N3O14. The Morgan fingerprint density at radius 2 is 1.60 bits per heavy atom. The number of para-hydroxylation sites is 1. The van der Waals surface area contributed by atoms with Crippen molar-refractivity contribution in [3.63, 3.8) is 0 Å². The van der Waals surface area contributed by atoms with Crippen molar-refractivity contribution < 1.29 is 68.3 Å². The Morgan fingerprint density at radius 1 is 0.923 bits per heavy atom. The van der Waals surface area contributed by atoms with E-state index in [9.17, 15) is 39.9 Å². The lowest BCUT2D eigenvalue weighted by Crippen LogP contribution is -2.61. The number of ether oxygens (including phenoxy) is 6. The SMILES string of the molecule is COC1(C)CC(OC2C(C)C(=O)O[C@H](CCNC(=O)Cc3ccnc4ccccc34)C(C)(O)C(O)[C@@H](C)C(=O)[C@H](C)CC(C)(O)C(OC3OC(C)CC(N(C)C)C3O)[C@H]2C)OC(C)C1O. The van der Waals surface area contributed by atoms with Gasteiger partial charge in [0.05, 0.1) is 59.6 Å². The molecule has 2 aromatic rings. The van der Waals surface area contributed by atoms with Crippen LogP contribution in [0.2, 0.25) is 0 Å². The number of rotatable bonds is 11. The monoisotopic (exact) mass is 918 g/mol. The summed E-state index contributed by atoms with van der Waals surface area (Å²) in [5.41, 5.74) is -3.71. The molecule has 3 fully saturated rings. The van der Waals surface area contributed by atoms with Gasteiger partial charge in [-0.25, -0.2) is 0 Å². The molecule has 17 nitrogen and oxygen atoms in total. The Kier molecular flexibility index (Phi) is 17.4. The number of nitrogens with one attached hydrogen (secondary N) is 1. The van der Waals surface area contributed by atoms with Crippen molar-refractivity contribution in [1.29, 1.82) is 0 Å². The number of methoxy groups -OCH3 is 1. The van der Waals surface area contributed by atoms with Gasteiger partial charge in [-0.1, -0.05) is 39.0 Å². The fourth-order valence-electron chi connectivity index (χ4n) is 10.2. The van der Waals surface area contributed by atoms with Gasteiger partial charge in [0.2, 0.25) is 5.91 Å². The van der Waals surface area contributed by atoms with Crippen molar-refractivity contribution >= 4 is 28.6 Å². The number of benzene rings is 1. The van der Waals surface area contributed by atoms with Crippen molar-refractivity contribution in [3.8, 4) is 0 Å². The lowest BCUT2D eigenvalue weighted by molar-refractivity contribution is -0.318. The van der Waals surface area contributed by atoms with Crippen molar-refractivity contribution in [1.82, 2.24) is 15.2 Å². The number of carbonyl (C=O) groups is 3. The van der Waals surface area contributed by atoms with E-state index in [1.807, 2.05) is 50.2 Å². The lowest BCUT2D eigenvalue weighted by Gasteiger charge is -2.49. The molecule has 18 atom stereocenters. The zero-order valence-electron chi connectivity index (χ0n) is 40.2. The number of fused-ring (bicyclic) bond motifs is 1. The summed E-state index contributed by atoms with van der Waals surface area (Å²) in [4.78, 5) is 48.5. The summed E-state index contributed by atoms with van der Waals surface area (Å²) in [6, 6.07) is 8.85. The molecule has 6 N–H and O–H groups in total. The molecule has 65 heavy (non-hydrogen) atoms. The minimum Gasteiger partial charge on any atom is -0.459 e. The first kappa shape index (κ1) is 52.8. The van der Waals surface area contributed by atoms with Crippen LogP contribution in [0.5, 0.6) is 0 Å². The summed E-state index contributed by atoms with van der Waals surface area (Å²) < 4.78 is 37.7. The largest absolute Gasteiger partial charge is 0.459 e. The number of aliphatic hydroxyl groups is 5. The minimum atomic E-state index is -2.22. The lowest BCUT2D eigenvalue weighted by atomic mass is 9.74. The number of Topliss-reactive ketones (excluding diaryl/α,β-unsaturated/α-hetero) is 1. The van der Waals surface area contributed by atoms with Crippen molar-refractivity contribution in [2.75, 3.05) is 27.7 Å². The molecule has 3 aliphatic rings. The zero-order valence-corrected chi connectivity index (χ0v) is 40.2. The minimum absolute atomic E-state index is 0.0233. The highest BCUT2D eigenvalue weighted by Gasteiger charge is 2.53. The van der Waals surface area contributed by atoms with Gasteiger partial charge in [0.15, 0.2) is 12.6 Å². The molecule has 0 saturated carbocycles. The summed E-state index contributed by atoms with van der Waals surface area (Å²) in [5, 5.41) is 62.9. The maximum Gasteiger partial charge on any atom is 0.311 e. The number of likely N-dealkylation sites (N-methyl/N-ethyl adjacent to an activating group) is 1. The first-order valence-electron chi connectivity index (χ1n) is 23.0. The number of hydrogen-bond acceptors (Lipinski definition) is 16. The Labute approximate surface area is 383 Å². The quantitative estimate of drug-likeness (QED) is 0.178. The average molecular weight is 918 g/mol. The molecular weight excluding hydrogens is 843 g/mol. The van der Waals surface area contributed by atoms with Gasteiger partial charge in [-0.3, -0.25) is 19.4 Å². The van der Waals surface area contributed by atoms with Gasteiger partial charge >= 0.3 is 5.97 Å². The normalized spacial score (nSPS) is 41.5. The second kappa shape index (κ2) is 21.4. The number of aliphatic hydroxyl groups excluding tert-OH is 3. The Balaban J connectivity index is 1.52. The number of cyclic esters (lactones) is 1. The molecule has 4 heterocycles. The number of amides is 1. The second-order valence-corrected chi connectivity index (χ2v) is 19.9. The van der Waals surface area contributed by atoms with E-state index < -0.39 is 108 Å². The van der Waals surface area contributed by atoms with Crippen LogP contribution in [-0.2, 0) is 49.2 Å². The summed E-state index contributed by atoms with van der Waals surface area (Å²) in [5.74, 6) is -5.94. The number of ketones is 1. The van der Waals surface area contributed by atoms with Crippen molar-refractivity contribution in [2.45, 2.75) is 179 Å². The van der Waals surface area contributed by atoms with Gasteiger partial charge < -0.3 is 64.2 Å². The molecule has 366 valence electrons. The van der Waals surface area contributed by atoms with Crippen LogP contribution in [0.3, 0.4) is 0 Å². The van der Waals surface area contributed by atoms with Crippen LogP contribution in [-0.4, -0.2) is 165 Å². The molecule has 0 bridgehead atoms. The highest BCUT2D eigenvalue weighted by Crippen LogP contribution is 2.41. The number of aromatic nitrogens is 1. The first-order chi connectivity index (χ1) is 30.3. The van der Waals surface area contributed by atoms with E-state index in [2.05, 4.69) is 10.3 Å². The van der Waals surface area contributed by atoms with E-state index >= 15 is 0 Å². The van der Waals surface area contributed by atoms with Gasteiger partial charge in [0.25, 0.3) is 0 Å². The van der Waals surface area contributed by atoms with E-state index in [-0.39, 0.29) is 50.3 Å². The maximum absolute atomic E-state index is 14.7. The van der Waals surface area contributed by atoms with Crippen LogP contribution in [0.1, 0.15) is 93.6 Å². The molecule has 3 aliphatic heterocycles. The second-order valence-electron chi connectivity index (χ2n) is 19.9. The standard InChI is InChI=1S/C48H75N3O14/c1-25-23-46(7,58)43(65-45-39(54)34(51(10)11)21-26(2)61-45)28(4)40(64-37-24-47(8,60-12)42(56)30(6)62-37)29(5)44(57)63-35(48(9,59)41(55)27(3)38(25)53)18-20-50-36(52)22-31-17-19-49-33-16-14-13-15-32(31)33/h13-17,19,25-30,34-35,37,39-43,45,54-56,58-59H,18,20-24H2,1-12H3,(H,50,52)/t25-,26?,27+,28+,29?,30?,34?,35-,37?,39?,40?,41?,42?,43?,45?,46?,47?,48?/m1/s1. The van der Waals surface area contributed by atoms with Crippen molar-refractivity contribution in [2.24, 2.45) is 23.7 Å². The third kappa shape index (κ3) is 11.9. The predicted molar refractivity (Wildman–Crippen MR) is 239 cm³/mol. The zero-order chi connectivity index (χ0) is 48.3. The van der Waals surface area contributed by atoms with Crippen LogP contribution in [0.25, 0.3) is 10.9 Å². The van der Waals surface area contributed by atoms with Crippen LogP contribution in [0.15, 0.2) is 36.5 Å². The smallest absolute Gasteiger partial charge is 0.311 e. The van der Waals surface area contributed by atoms with Crippen LogP contribution < -0.4 is 5.32 Å². The molecule has 5 rings (SSSR count). The molecule has 3 saturated heterocycles. The number of nitrogens with zero attached hydrogens (tertiary/aromatic N) is 2. The molecule has 1 aromatic carbocycles. The third-order valence-electron chi connectivity index (χ3n) is 14.3. The Bertz CT molecular complexity index is 1930. The molecule has 0 spiro atoms. The topological polar surface area (TPSA) is 236 Å². The highest BCUT2D eigenvalue weighted by atomic mass is 16.7. The Morgan fingerprint density at radius 3 is 2.26 bits per heavy atom. The molecule has 17 heteroatoms. The summed E-state index contributed by atoms with van der Waals surface area (Å²) in [6.07, 6.45) is -9.46. The third-order valence-corrected chi connectivity index (χ3v) is 14.3. The van der Waals surface area contributed by atoms with Crippen LogP contribution >= 0.6 is 0 Å². The van der Waals surface area contributed by atoms with Gasteiger partial charge in [-0.2, -0.15) is 0 Å². The van der Waals surface area contributed by atoms with E-state index in [1.165, 1.54) is 27.9 Å². The predicted octanol–water partition coefficient (Wildman–Crippen LogP) is 2.67. The molecule has 0 aliphatic carbocycles. The molecule has 1 aromatic heterocycles. The fourth-order valence-corrected chi connectivity index (χ4v) is 10.2. The summed E-state index contributed by atoms with van der Waals surface area (Å²) in [7, 11) is 5.14. The van der Waals surface area contributed by atoms with Crippen LogP contribution in [0, 0.1) is 23.7 Å². The van der Waals surface area contributed by atoms with E-state index in [0.717, 1.165) is 16.5 Å². The maximum atomic E-state index is 14.7. The number of esters is 1. The van der Waals surface area contributed by atoms with Gasteiger partial charge in [0.1, 0.15) is 29.7 Å². The number of carbonyl (C=O) groups excluding carboxylic acids is 3. The number of hydrogen-bond donors (Lipinski definition) is 6. The molecule has 1 amide bonds. The number of pyridine rings is 1. The summed E-state index contributed by atoms with van der Waals surface area (Å²) in [6.45, 7) is 14.3. The van der Waals surface area contributed by atoms with Crippen LogP contribution in [0.4, 0.5) is 0 Å². The summed E-state index contributed by atoms with van der Waals surface area (Å²) >= 11 is 0. The van der Waals surface area contributed by atoms with E-state index in [1.54, 1.807) is 46.9 Å². The van der Waals surface area contributed by atoms with Gasteiger partial charge in [-0.15, -0.1) is 0 Å². The van der Waals surface area contributed by atoms with E-state index in [0.29, 0.717) is 6.42 Å².